The van der Waals surface area contributed by atoms with Gasteiger partial charge in [0.1, 0.15) is 12.4 Å². The van der Waals surface area contributed by atoms with Gasteiger partial charge in [0.2, 0.25) is 0 Å². The van der Waals surface area contributed by atoms with Crippen molar-refractivity contribution in [2.24, 2.45) is 0 Å². The molecule has 0 saturated carbocycles. The molecule has 1 N–H and O–H groups in total. The largest absolute Gasteiger partial charge is 0.491 e. The monoisotopic (exact) mass is 291 g/mol. The lowest BCUT2D eigenvalue weighted by Crippen LogP contribution is -2.27. The highest BCUT2D eigenvalue weighted by atomic mass is 19.2. The van der Waals surface area contributed by atoms with Crippen molar-refractivity contribution in [2.45, 2.75) is 19.9 Å². The van der Waals surface area contributed by atoms with Gasteiger partial charge in [-0.05, 0) is 31.2 Å². The van der Waals surface area contributed by atoms with Crippen LogP contribution in [0.1, 0.15) is 24.1 Å². The average molecular weight is 291 g/mol. The summed E-state index contributed by atoms with van der Waals surface area (Å²) >= 11 is 0. The molecular formula is C17H19F2NO. The van der Waals surface area contributed by atoms with Gasteiger partial charge in [-0.25, -0.2) is 8.78 Å². The van der Waals surface area contributed by atoms with E-state index in [1.807, 2.05) is 38.1 Å². The van der Waals surface area contributed by atoms with Gasteiger partial charge in [-0.1, -0.05) is 37.3 Å². The fourth-order valence-electron chi connectivity index (χ4n) is 2.19. The lowest BCUT2D eigenvalue weighted by Gasteiger charge is -2.20. The molecule has 2 rings (SSSR count). The van der Waals surface area contributed by atoms with E-state index in [4.69, 9.17) is 4.74 Å². The third-order valence-electron chi connectivity index (χ3n) is 3.31. The van der Waals surface area contributed by atoms with Crippen molar-refractivity contribution in [2.75, 3.05) is 13.2 Å². The van der Waals surface area contributed by atoms with Crippen LogP contribution in [0.3, 0.4) is 0 Å². The van der Waals surface area contributed by atoms with E-state index >= 15 is 0 Å². The summed E-state index contributed by atoms with van der Waals surface area (Å²) in [5.41, 5.74) is 1.29. The first kappa shape index (κ1) is 15.4. The molecule has 2 nitrogen and oxygen atoms in total. The van der Waals surface area contributed by atoms with E-state index in [-0.39, 0.29) is 12.2 Å². The van der Waals surface area contributed by atoms with Crippen LogP contribution in [-0.4, -0.2) is 13.2 Å². The SMILES string of the molecule is CCNC(COc1ccccc1C)c1cccc(F)c1F. The van der Waals surface area contributed by atoms with E-state index in [1.54, 1.807) is 6.07 Å². The Morgan fingerprint density at radius 1 is 1.10 bits per heavy atom. The molecule has 1 unspecified atom stereocenters. The van der Waals surface area contributed by atoms with E-state index in [1.165, 1.54) is 6.07 Å². The highest BCUT2D eigenvalue weighted by molar-refractivity contribution is 5.32. The Morgan fingerprint density at radius 2 is 1.86 bits per heavy atom. The van der Waals surface area contributed by atoms with Crippen LogP contribution in [0.5, 0.6) is 5.75 Å². The first-order chi connectivity index (χ1) is 10.1. The zero-order valence-electron chi connectivity index (χ0n) is 12.2. The molecule has 0 heterocycles. The van der Waals surface area contributed by atoms with E-state index in [0.717, 1.165) is 17.4 Å². The molecule has 0 radical (unpaired) electrons. The number of hydrogen-bond donors (Lipinski definition) is 1. The smallest absolute Gasteiger partial charge is 0.163 e. The predicted octanol–water partition coefficient (Wildman–Crippen LogP) is 4.00. The minimum Gasteiger partial charge on any atom is -0.491 e. The number of likely N-dealkylation sites (N-methyl/N-ethyl adjacent to an activating group) is 1. The van der Waals surface area contributed by atoms with Crippen LogP contribution in [0.15, 0.2) is 42.5 Å². The number of benzene rings is 2. The van der Waals surface area contributed by atoms with E-state index in [2.05, 4.69) is 5.32 Å². The molecule has 2 aromatic carbocycles. The van der Waals surface area contributed by atoms with Crippen molar-refractivity contribution < 1.29 is 13.5 Å². The average Bonchev–Trinajstić information content (AvgIpc) is 2.48. The summed E-state index contributed by atoms with van der Waals surface area (Å²) in [5, 5.41) is 3.12. The molecule has 0 amide bonds. The second-order valence-electron chi connectivity index (χ2n) is 4.83. The summed E-state index contributed by atoms with van der Waals surface area (Å²) in [6.07, 6.45) is 0. The number of aryl methyl sites for hydroxylation is 1. The number of rotatable bonds is 6. The predicted molar refractivity (Wildman–Crippen MR) is 79.4 cm³/mol. The summed E-state index contributed by atoms with van der Waals surface area (Å²) in [6.45, 7) is 4.73. The van der Waals surface area contributed by atoms with Gasteiger partial charge in [0, 0.05) is 5.56 Å². The number of nitrogens with one attached hydrogen (secondary N) is 1. The highest BCUT2D eigenvalue weighted by Crippen LogP contribution is 2.22. The fraction of sp³-hybridized carbons (Fsp3) is 0.294. The first-order valence-electron chi connectivity index (χ1n) is 6.99. The summed E-state index contributed by atoms with van der Waals surface area (Å²) in [6, 6.07) is 11.4. The summed E-state index contributed by atoms with van der Waals surface area (Å²) in [4.78, 5) is 0. The maximum atomic E-state index is 13.9. The minimum atomic E-state index is -0.841. The van der Waals surface area contributed by atoms with Gasteiger partial charge in [0.15, 0.2) is 11.6 Å². The number of halogens is 2. The molecule has 21 heavy (non-hydrogen) atoms. The number of hydrogen-bond acceptors (Lipinski definition) is 2. The topological polar surface area (TPSA) is 21.3 Å². The maximum Gasteiger partial charge on any atom is 0.163 e. The van der Waals surface area contributed by atoms with Crippen LogP contribution in [0, 0.1) is 18.6 Å². The third-order valence-corrected chi connectivity index (χ3v) is 3.31. The highest BCUT2D eigenvalue weighted by Gasteiger charge is 2.18. The second kappa shape index (κ2) is 7.18. The number of ether oxygens (including phenoxy) is 1. The van der Waals surface area contributed by atoms with Crippen LogP contribution in [0.25, 0.3) is 0 Å². The van der Waals surface area contributed by atoms with Gasteiger partial charge in [-0.15, -0.1) is 0 Å². The minimum absolute atomic E-state index is 0.235. The Kier molecular flexibility index (Phi) is 5.28. The van der Waals surface area contributed by atoms with Crippen molar-refractivity contribution in [3.63, 3.8) is 0 Å². The standard InChI is InChI=1S/C17H19F2NO/c1-3-20-15(13-8-6-9-14(18)17(13)19)11-21-16-10-5-4-7-12(16)2/h4-10,15,20H,3,11H2,1-2H3. The molecule has 2 aromatic rings. The maximum absolute atomic E-state index is 13.9. The van der Waals surface area contributed by atoms with Crippen molar-refractivity contribution >= 4 is 0 Å². The Bertz CT molecular complexity index is 601. The van der Waals surface area contributed by atoms with Crippen molar-refractivity contribution in [3.05, 3.63) is 65.2 Å². The van der Waals surface area contributed by atoms with Crippen molar-refractivity contribution in [1.29, 1.82) is 0 Å². The Morgan fingerprint density at radius 3 is 2.57 bits per heavy atom. The lowest BCUT2D eigenvalue weighted by molar-refractivity contribution is 0.262. The summed E-state index contributed by atoms with van der Waals surface area (Å²) in [7, 11) is 0. The van der Waals surface area contributed by atoms with Gasteiger partial charge in [0.05, 0.1) is 6.04 Å². The molecular weight excluding hydrogens is 272 g/mol. The molecule has 0 aliphatic rings. The summed E-state index contributed by atoms with van der Waals surface area (Å²) < 4.78 is 33.0. The molecule has 0 aromatic heterocycles. The van der Waals surface area contributed by atoms with Crippen LogP contribution in [-0.2, 0) is 0 Å². The van der Waals surface area contributed by atoms with Gasteiger partial charge in [-0.2, -0.15) is 0 Å². The van der Waals surface area contributed by atoms with Crippen molar-refractivity contribution in [1.82, 2.24) is 5.32 Å². The molecule has 0 spiro atoms. The van der Waals surface area contributed by atoms with Gasteiger partial charge < -0.3 is 10.1 Å². The Hall–Kier alpha value is -1.94. The van der Waals surface area contributed by atoms with Crippen LogP contribution in [0.4, 0.5) is 8.78 Å². The van der Waals surface area contributed by atoms with Crippen LogP contribution >= 0.6 is 0 Å². The third kappa shape index (κ3) is 3.79. The summed E-state index contributed by atoms with van der Waals surface area (Å²) in [5.74, 6) is -0.916. The molecule has 1 atom stereocenters. The van der Waals surface area contributed by atoms with Gasteiger partial charge >= 0.3 is 0 Å². The van der Waals surface area contributed by atoms with Gasteiger partial charge in [0.25, 0.3) is 0 Å². The van der Waals surface area contributed by atoms with Gasteiger partial charge in [-0.3, -0.25) is 0 Å². The first-order valence-corrected chi connectivity index (χ1v) is 6.99. The fourth-order valence-corrected chi connectivity index (χ4v) is 2.19. The second-order valence-corrected chi connectivity index (χ2v) is 4.83. The molecule has 0 fully saturated rings. The lowest BCUT2D eigenvalue weighted by atomic mass is 10.1. The zero-order valence-corrected chi connectivity index (χ0v) is 12.2. The van der Waals surface area contributed by atoms with Crippen LogP contribution in [0.2, 0.25) is 0 Å². The van der Waals surface area contributed by atoms with E-state index < -0.39 is 17.7 Å². The molecule has 0 bridgehead atoms. The Labute approximate surface area is 123 Å². The molecule has 112 valence electrons. The Balaban J connectivity index is 2.16. The quantitative estimate of drug-likeness (QED) is 0.868. The zero-order chi connectivity index (χ0) is 15.2. The van der Waals surface area contributed by atoms with E-state index in [0.29, 0.717) is 6.54 Å². The molecule has 0 aliphatic carbocycles. The molecule has 0 saturated heterocycles. The molecule has 0 aliphatic heterocycles. The normalized spacial score (nSPS) is 12.2. The van der Waals surface area contributed by atoms with Crippen molar-refractivity contribution in [3.8, 4) is 5.75 Å². The van der Waals surface area contributed by atoms with E-state index in [9.17, 15) is 8.78 Å². The molecule has 4 heteroatoms. The van der Waals surface area contributed by atoms with Crippen LogP contribution < -0.4 is 10.1 Å². The number of para-hydroxylation sites is 1.